The second kappa shape index (κ2) is 17.2. The van der Waals surface area contributed by atoms with Crippen molar-refractivity contribution in [3.8, 4) is 11.5 Å². The molecule has 2 N–H and O–H groups in total. The fraction of sp³-hybridized carbons (Fsp3) is 0.412. The number of nitrogens with zero attached hydrogens (tertiary/aromatic N) is 5. The summed E-state index contributed by atoms with van der Waals surface area (Å²) in [6.45, 7) is 14.2. The minimum Gasteiger partial charge on any atom is -0.495 e. The molecular formula is C34H45Cl2N7O5Si. The van der Waals surface area contributed by atoms with E-state index in [1.54, 1.807) is 19.2 Å². The highest BCUT2D eigenvalue weighted by Gasteiger charge is 2.30. The summed E-state index contributed by atoms with van der Waals surface area (Å²) in [7, 11) is 3.13. The number of anilines is 4. The summed E-state index contributed by atoms with van der Waals surface area (Å²) in [6, 6.07) is 9.66. The van der Waals surface area contributed by atoms with E-state index in [4.69, 9.17) is 37.4 Å². The predicted octanol–water partition coefficient (Wildman–Crippen LogP) is 6.30. The van der Waals surface area contributed by atoms with E-state index in [-0.39, 0.29) is 39.9 Å². The summed E-state index contributed by atoms with van der Waals surface area (Å²) in [5.74, 6) is 0.587. The molecule has 2 heterocycles. The number of carbonyl (C=O) groups excluding carboxylic acids is 2. The van der Waals surface area contributed by atoms with Crippen LogP contribution in [0.5, 0.6) is 11.5 Å². The molecule has 0 radical (unpaired) electrons. The largest absolute Gasteiger partial charge is 0.495 e. The van der Waals surface area contributed by atoms with Crippen LogP contribution in [0, 0.1) is 0 Å². The molecule has 0 unspecified atom stereocenters. The normalized spacial score (nSPS) is 13.1. The van der Waals surface area contributed by atoms with Crippen LogP contribution in [0.15, 0.2) is 49.3 Å². The maximum absolute atomic E-state index is 14.3. The van der Waals surface area contributed by atoms with E-state index in [2.05, 4.69) is 51.7 Å². The quantitative estimate of drug-likeness (QED) is 0.0852. The van der Waals surface area contributed by atoms with Gasteiger partial charge < -0.3 is 29.7 Å². The molecule has 0 bridgehead atoms. The third-order valence-electron chi connectivity index (χ3n) is 8.00. The number of nitrogens with one attached hydrogen (secondary N) is 2. The zero-order chi connectivity index (χ0) is 35.7. The van der Waals surface area contributed by atoms with Gasteiger partial charge >= 0.3 is 6.03 Å². The number of methoxy groups -OCH3 is 2. The Morgan fingerprint density at radius 1 is 1.06 bits per heavy atom. The minimum absolute atomic E-state index is 0.130. The zero-order valence-corrected chi connectivity index (χ0v) is 31.5. The molecule has 3 amide bonds. The van der Waals surface area contributed by atoms with Crippen LogP contribution in [0.1, 0.15) is 11.3 Å². The van der Waals surface area contributed by atoms with Gasteiger partial charge in [0.25, 0.3) is 0 Å². The third kappa shape index (κ3) is 9.85. The van der Waals surface area contributed by atoms with E-state index >= 15 is 0 Å². The van der Waals surface area contributed by atoms with Crippen molar-refractivity contribution in [3.63, 3.8) is 0 Å². The van der Waals surface area contributed by atoms with E-state index < -0.39 is 14.1 Å². The number of rotatable bonds is 14. The summed E-state index contributed by atoms with van der Waals surface area (Å²) >= 11 is 13.5. The fourth-order valence-electron chi connectivity index (χ4n) is 5.14. The Kier molecular flexibility index (Phi) is 13.3. The van der Waals surface area contributed by atoms with Gasteiger partial charge in [-0.3, -0.25) is 14.6 Å². The van der Waals surface area contributed by atoms with Gasteiger partial charge in [0.05, 0.1) is 25.6 Å². The lowest BCUT2D eigenvalue weighted by Gasteiger charge is -2.30. The van der Waals surface area contributed by atoms with Crippen molar-refractivity contribution in [2.24, 2.45) is 0 Å². The average Bonchev–Trinajstić information content (AvgIpc) is 3.09. The first-order valence-electron chi connectivity index (χ1n) is 15.9. The average molecular weight is 731 g/mol. The lowest BCUT2D eigenvalue weighted by atomic mass is 10.1. The Labute approximate surface area is 299 Å². The Hall–Kier alpha value is -3.88. The first-order chi connectivity index (χ1) is 23.4. The van der Waals surface area contributed by atoms with Gasteiger partial charge in [-0.25, -0.2) is 14.8 Å². The molecule has 0 saturated carbocycles. The Morgan fingerprint density at radius 3 is 2.35 bits per heavy atom. The summed E-state index contributed by atoms with van der Waals surface area (Å²) in [5, 5.41) is 6.56. The minimum atomic E-state index is -1.41. The highest BCUT2D eigenvalue weighted by Crippen LogP contribution is 2.46. The number of benzene rings is 2. The third-order valence-corrected chi connectivity index (χ3v) is 10.4. The maximum Gasteiger partial charge on any atom is 0.331 e. The van der Waals surface area contributed by atoms with Crippen molar-refractivity contribution in [1.82, 2.24) is 15.3 Å². The van der Waals surface area contributed by atoms with Crippen LogP contribution < -0.4 is 34.8 Å². The van der Waals surface area contributed by atoms with E-state index in [0.29, 0.717) is 30.2 Å². The van der Waals surface area contributed by atoms with Gasteiger partial charge in [-0.05, 0) is 29.8 Å². The highest BCUT2D eigenvalue weighted by molar-refractivity contribution is 6.76. The first kappa shape index (κ1) is 37.9. The Bertz CT molecular complexity index is 1620. The number of amides is 3. The topological polar surface area (TPSA) is 121 Å². The molecule has 49 heavy (non-hydrogen) atoms. The molecule has 264 valence electrons. The molecular weight excluding hydrogens is 685 g/mol. The van der Waals surface area contributed by atoms with Gasteiger partial charge in [-0.2, -0.15) is 0 Å². The molecule has 15 heteroatoms. The van der Waals surface area contributed by atoms with E-state index in [0.717, 1.165) is 43.5 Å². The summed E-state index contributed by atoms with van der Waals surface area (Å²) in [4.78, 5) is 40.5. The van der Waals surface area contributed by atoms with Gasteiger partial charge in [-0.1, -0.05) is 55.5 Å². The molecule has 3 aromatic rings. The number of ether oxygens (including phenoxy) is 3. The van der Waals surface area contributed by atoms with Crippen molar-refractivity contribution in [2.45, 2.75) is 32.1 Å². The standard InChI is InChI=1S/C34H45Cl2N7O5Si/c1-8-30(44)40-26-19-25(42-13-11-37-12-14-42)10-9-23(26)17-24-18-29(39-21-38-24)41(2)34(45)43(22-48-15-16-49(5,6)7)33-31(35)27(46-3)20-28(47-4)32(33)36/h8-10,18-21,37H,1,11-17,22H2,2-7H3,(H,40,44). The van der Waals surface area contributed by atoms with E-state index in [1.807, 2.05) is 18.2 Å². The van der Waals surface area contributed by atoms with Crippen LogP contribution >= 0.6 is 23.2 Å². The van der Waals surface area contributed by atoms with Crippen molar-refractivity contribution < 1.29 is 23.8 Å². The highest BCUT2D eigenvalue weighted by atomic mass is 35.5. The maximum atomic E-state index is 14.3. The molecule has 1 saturated heterocycles. The van der Waals surface area contributed by atoms with Crippen LogP contribution in [0.25, 0.3) is 0 Å². The van der Waals surface area contributed by atoms with Crippen molar-refractivity contribution in [2.75, 3.05) is 80.8 Å². The Balaban J connectivity index is 1.65. The van der Waals surface area contributed by atoms with Crippen molar-refractivity contribution in [1.29, 1.82) is 0 Å². The monoisotopic (exact) mass is 729 g/mol. The molecule has 0 atom stereocenters. The molecule has 0 spiro atoms. The molecule has 1 aromatic heterocycles. The van der Waals surface area contributed by atoms with Crippen molar-refractivity contribution in [3.05, 3.63) is 70.6 Å². The molecule has 4 rings (SSSR count). The summed E-state index contributed by atoms with van der Waals surface area (Å²) < 4.78 is 17.0. The van der Waals surface area contributed by atoms with Gasteiger partial charge in [0, 0.05) is 77.8 Å². The van der Waals surface area contributed by atoms with Crippen LogP contribution in [-0.2, 0) is 16.0 Å². The van der Waals surface area contributed by atoms with E-state index in [1.165, 1.54) is 36.4 Å². The molecule has 2 aromatic carbocycles. The molecule has 1 aliphatic heterocycles. The number of aromatic nitrogens is 2. The summed E-state index contributed by atoms with van der Waals surface area (Å²) in [6.07, 6.45) is 3.00. The van der Waals surface area contributed by atoms with Gasteiger partial charge in [-0.15, -0.1) is 0 Å². The van der Waals surface area contributed by atoms with Gasteiger partial charge in [0.2, 0.25) is 5.91 Å². The number of carbonyl (C=O) groups is 2. The molecule has 1 aliphatic rings. The SMILES string of the molecule is C=CC(=O)Nc1cc(N2CCNCC2)ccc1Cc1cc(N(C)C(=O)N(COCC[Si](C)(C)C)c2c(Cl)c(OC)cc(OC)c2Cl)ncn1. The first-order valence-corrected chi connectivity index (χ1v) is 20.4. The smallest absolute Gasteiger partial charge is 0.331 e. The second-order valence-corrected chi connectivity index (χ2v) is 19.1. The number of piperazine rings is 1. The number of hydrogen-bond donors (Lipinski definition) is 2. The number of halogens is 2. The van der Waals surface area contributed by atoms with E-state index in [9.17, 15) is 9.59 Å². The van der Waals surface area contributed by atoms with Crippen LogP contribution in [0.4, 0.5) is 27.7 Å². The van der Waals surface area contributed by atoms with Gasteiger partial charge in [0.15, 0.2) is 0 Å². The number of hydrogen-bond acceptors (Lipinski definition) is 9. The molecule has 0 aliphatic carbocycles. The second-order valence-electron chi connectivity index (χ2n) is 12.7. The van der Waals surface area contributed by atoms with Gasteiger partial charge in [0.1, 0.15) is 40.4 Å². The lowest BCUT2D eigenvalue weighted by Crippen LogP contribution is -2.43. The molecule has 1 fully saturated rings. The van der Waals surface area contributed by atoms with Crippen LogP contribution in [-0.4, -0.2) is 90.8 Å². The van der Waals surface area contributed by atoms with Crippen molar-refractivity contribution >= 4 is 66.1 Å². The van der Waals surface area contributed by atoms with Crippen LogP contribution in [0.3, 0.4) is 0 Å². The summed E-state index contributed by atoms with van der Waals surface area (Å²) in [5.41, 5.74) is 3.32. The van der Waals surface area contributed by atoms with Crippen LogP contribution in [0.2, 0.25) is 35.7 Å². The zero-order valence-electron chi connectivity index (χ0n) is 28.9. The Morgan fingerprint density at radius 2 is 1.73 bits per heavy atom. The fourth-order valence-corrected chi connectivity index (χ4v) is 6.60. The molecule has 12 nitrogen and oxygen atoms in total. The lowest BCUT2D eigenvalue weighted by molar-refractivity contribution is -0.111. The number of urea groups is 1. The predicted molar refractivity (Wildman–Crippen MR) is 200 cm³/mol.